The smallest absolute Gasteiger partial charge is 0.0426 e. The van der Waals surface area contributed by atoms with Crippen molar-refractivity contribution < 1.29 is 0 Å². The quantitative estimate of drug-likeness (QED) is 0.784. The summed E-state index contributed by atoms with van der Waals surface area (Å²) in [6.07, 6.45) is 5.56. The van der Waals surface area contributed by atoms with Crippen LogP contribution < -0.4 is 10.2 Å². The molecule has 2 rings (SSSR count). The van der Waals surface area contributed by atoms with E-state index in [9.17, 15) is 0 Å². The molecule has 21 heavy (non-hydrogen) atoms. The molecule has 1 aliphatic rings. The minimum absolute atomic E-state index is 0.678. The van der Waals surface area contributed by atoms with Gasteiger partial charge in [-0.25, -0.2) is 0 Å². The van der Waals surface area contributed by atoms with E-state index in [1.165, 1.54) is 36.9 Å². The van der Waals surface area contributed by atoms with Gasteiger partial charge in [-0.05, 0) is 48.9 Å². The van der Waals surface area contributed by atoms with E-state index in [1.54, 1.807) is 0 Å². The van der Waals surface area contributed by atoms with Crippen molar-refractivity contribution in [3.8, 4) is 0 Å². The zero-order chi connectivity index (χ0) is 15.2. The zero-order valence-electron chi connectivity index (χ0n) is 13.7. The Labute approximate surface area is 134 Å². The number of nitrogens with zero attached hydrogens (tertiary/aromatic N) is 1. The van der Waals surface area contributed by atoms with Crippen LogP contribution in [0.4, 0.5) is 5.69 Å². The monoisotopic (exact) mass is 308 g/mol. The Kier molecular flexibility index (Phi) is 6.38. The third-order valence-corrected chi connectivity index (χ3v) is 4.57. The fourth-order valence-electron chi connectivity index (χ4n) is 3.22. The summed E-state index contributed by atoms with van der Waals surface area (Å²) in [7, 11) is 2.20. The SMILES string of the molecule is CC(C)CNCc1ccc(Cl)cc1N(C)CC1CCCC1. The zero-order valence-corrected chi connectivity index (χ0v) is 14.4. The van der Waals surface area contributed by atoms with Crippen molar-refractivity contribution >= 4 is 17.3 Å². The first kappa shape index (κ1) is 16.6. The van der Waals surface area contributed by atoms with Crippen molar-refractivity contribution in [2.24, 2.45) is 11.8 Å². The average Bonchev–Trinajstić information content (AvgIpc) is 2.92. The average molecular weight is 309 g/mol. The van der Waals surface area contributed by atoms with Crippen molar-refractivity contribution in [2.75, 3.05) is 25.0 Å². The standard InChI is InChI=1S/C18H29ClN2/c1-14(2)11-20-12-16-8-9-17(19)10-18(16)21(3)13-15-6-4-5-7-15/h8-10,14-15,20H,4-7,11-13H2,1-3H3. The number of halogens is 1. The van der Waals surface area contributed by atoms with Gasteiger partial charge in [-0.3, -0.25) is 0 Å². The number of anilines is 1. The minimum Gasteiger partial charge on any atom is -0.374 e. The van der Waals surface area contributed by atoms with Crippen LogP contribution in [0.5, 0.6) is 0 Å². The lowest BCUT2D eigenvalue weighted by atomic mass is 10.1. The van der Waals surface area contributed by atoms with Gasteiger partial charge in [0, 0.05) is 30.8 Å². The Balaban J connectivity index is 2.02. The summed E-state index contributed by atoms with van der Waals surface area (Å²) >= 11 is 6.21. The molecule has 0 aromatic heterocycles. The summed E-state index contributed by atoms with van der Waals surface area (Å²) < 4.78 is 0. The second-order valence-corrected chi connectivity index (χ2v) is 7.27. The Morgan fingerprint density at radius 3 is 2.67 bits per heavy atom. The van der Waals surface area contributed by atoms with E-state index in [0.29, 0.717) is 5.92 Å². The van der Waals surface area contributed by atoms with E-state index >= 15 is 0 Å². The van der Waals surface area contributed by atoms with Crippen LogP contribution in [0.25, 0.3) is 0 Å². The third kappa shape index (κ3) is 5.19. The lowest BCUT2D eigenvalue weighted by molar-refractivity contribution is 0.540. The van der Waals surface area contributed by atoms with E-state index in [-0.39, 0.29) is 0 Å². The summed E-state index contributed by atoms with van der Waals surface area (Å²) in [4.78, 5) is 2.40. The molecule has 0 amide bonds. The Bertz CT molecular complexity index is 439. The molecule has 2 nitrogen and oxygen atoms in total. The molecule has 118 valence electrons. The molecular formula is C18H29ClN2. The molecule has 1 aromatic carbocycles. The fourth-order valence-corrected chi connectivity index (χ4v) is 3.38. The molecule has 1 aliphatic carbocycles. The first-order valence-corrected chi connectivity index (χ1v) is 8.64. The topological polar surface area (TPSA) is 15.3 Å². The molecule has 0 heterocycles. The molecule has 0 aliphatic heterocycles. The van der Waals surface area contributed by atoms with Crippen molar-refractivity contribution in [3.05, 3.63) is 28.8 Å². The molecule has 1 aromatic rings. The maximum atomic E-state index is 6.21. The third-order valence-electron chi connectivity index (χ3n) is 4.33. The van der Waals surface area contributed by atoms with Crippen LogP contribution in [0, 0.1) is 11.8 Å². The summed E-state index contributed by atoms with van der Waals surface area (Å²) in [5, 5.41) is 4.37. The van der Waals surface area contributed by atoms with Gasteiger partial charge in [-0.2, -0.15) is 0 Å². The second-order valence-electron chi connectivity index (χ2n) is 6.83. The largest absolute Gasteiger partial charge is 0.374 e. The lowest BCUT2D eigenvalue weighted by Crippen LogP contribution is -2.26. The van der Waals surface area contributed by atoms with Gasteiger partial charge in [-0.1, -0.05) is 44.4 Å². The number of benzene rings is 1. The number of hydrogen-bond donors (Lipinski definition) is 1. The van der Waals surface area contributed by atoms with Gasteiger partial charge < -0.3 is 10.2 Å². The molecule has 1 saturated carbocycles. The van der Waals surface area contributed by atoms with Gasteiger partial charge in [-0.15, -0.1) is 0 Å². The molecule has 0 saturated heterocycles. The highest BCUT2D eigenvalue weighted by atomic mass is 35.5. The van der Waals surface area contributed by atoms with Gasteiger partial charge in [0.2, 0.25) is 0 Å². The first-order chi connectivity index (χ1) is 10.1. The summed E-state index contributed by atoms with van der Waals surface area (Å²) in [5.41, 5.74) is 2.63. The lowest BCUT2D eigenvalue weighted by Gasteiger charge is -2.26. The van der Waals surface area contributed by atoms with Crippen LogP contribution in [-0.4, -0.2) is 20.1 Å². The van der Waals surface area contributed by atoms with E-state index < -0.39 is 0 Å². The van der Waals surface area contributed by atoms with Crippen LogP contribution in [0.3, 0.4) is 0 Å². The molecule has 0 atom stereocenters. The first-order valence-electron chi connectivity index (χ1n) is 8.26. The van der Waals surface area contributed by atoms with Crippen LogP contribution in [0.15, 0.2) is 18.2 Å². The molecule has 0 radical (unpaired) electrons. The number of hydrogen-bond acceptors (Lipinski definition) is 2. The van der Waals surface area contributed by atoms with Crippen molar-refractivity contribution in [1.29, 1.82) is 0 Å². The van der Waals surface area contributed by atoms with Crippen LogP contribution in [0.1, 0.15) is 45.1 Å². The highest BCUT2D eigenvalue weighted by Gasteiger charge is 2.18. The van der Waals surface area contributed by atoms with E-state index in [1.807, 2.05) is 6.07 Å². The fraction of sp³-hybridized carbons (Fsp3) is 0.667. The normalized spacial score (nSPS) is 15.9. The second kappa shape index (κ2) is 8.05. The van der Waals surface area contributed by atoms with E-state index in [0.717, 1.165) is 30.6 Å². The van der Waals surface area contributed by atoms with E-state index in [2.05, 4.69) is 43.2 Å². The minimum atomic E-state index is 0.678. The Morgan fingerprint density at radius 2 is 2.00 bits per heavy atom. The molecule has 0 unspecified atom stereocenters. The van der Waals surface area contributed by atoms with Crippen LogP contribution in [-0.2, 0) is 6.54 Å². The van der Waals surface area contributed by atoms with Crippen molar-refractivity contribution in [3.63, 3.8) is 0 Å². The molecule has 1 N–H and O–H groups in total. The summed E-state index contributed by atoms with van der Waals surface area (Å²) in [5.74, 6) is 1.53. The maximum Gasteiger partial charge on any atom is 0.0426 e. The Morgan fingerprint density at radius 1 is 1.29 bits per heavy atom. The van der Waals surface area contributed by atoms with Crippen molar-refractivity contribution in [2.45, 2.75) is 46.1 Å². The maximum absolute atomic E-state index is 6.21. The summed E-state index contributed by atoms with van der Waals surface area (Å²) in [6, 6.07) is 6.28. The van der Waals surface area contributed by atoms with Gasteiger partial charge in [0.05, 0.1) is 0 Å². The molecule has 0 spiro atoms. The van der Waals surface area contributed by atoms with Gasteiger partial charge in [0.25, 0.3) is 0 Å². The van der Waals surface area contributed by atoms with Crippen LogP contribution in [0.2, 0.25) is 5.02 Å². The highest BCUT2D eigenvalue weighted by molar-refractivity contribution is 6.30. The molecule has 1 fully saturated rings. The number of rotatable bonds is 7. The number of nitrogens with one attached hydrogen (secondary N) is 1. The van der Waals surface area contributed by atoms with Crippen LogP contribution >= 0.6 is 11.6 Å². The molecular weight excluding hydrogens is 280 g/mol. The molecule has 3 heteroatoms. The van der Waals surface area contributed by atoms with Crippen molar-refractivity contribution in [1.82, 2.24) is 5.32 Å². The van der Waals surface area contributed by atoms with Gasteiger partial charge in [0.1, 0.15) is 0 Å². The predicted molar refractivity (Wildman–Crippen MR) is 93.2 cm³/mol. The summed E-state index contributed by atoms with van der Waals surface area (Å²) in [6.45, 7) is 7.59. The Hall–Kier alpha value is -0.730. The van der Waals surface area contributed by atoms with Gasteiger partial charge >= 0.3 is 0 Å². The highest BCUT2D eigenvalue weighted by Crippen LogP contribution is 2.29. The molecule has 0 bridgehead atoms. The van der Waals surface area contributed by atoms with E-state index in [4.69, 9.17) is 11.6 Å². The predicted octanol–water partition coefficient (Wildman–Crippen LogP) is 4.71. The van der Waals surface area contributed by atoms with Gasteiger partial charge in [0.15, 0.2) is 0 Å².